The van der Waals surface area contributed by atoms with Crippen LogP contribution in [0.1, 0.15) is 12.8 Å². The summed E-state index contributed by atoms with van der Waals surface area (Å²) in [6, 6.07) is -0.979. The summed E-state index contributed by atoms with van der Waals surface area (Å²) in [6.07, 6.45) is 0.123. The van der Waals surface area contributed by atoms with Gasteiger partial charge in [-0.3, -0.25) is 9.59 Å². The van der Waals surface area contributed by atoms with Gasteiger partial charge in [-0.1, -0.05) is 0 Å². The Balaban J connectivity index is 0.000000342. The summed E-state index contributed by atoms with van der Waals surface area (Å²) in [5.41, 5.74) is 25.2. The number of carboxylic acid groups (broad SMARTS) is 1. The van der Waals surface area contributed by atoms with E-state index in [9.17, 15) is 9.59 Å². The predicted octanol–water partition coefficient (Wildman–Crippen LogP) is -2.72. The third kappa shape index (κ3) is 8.09. The molecule has 0 bridgehead atoms. The molecule has 11 nitrogen and oxygen atoms in total. The molecule has 106 valence electrons. The van der Waals surface area contributed by atoms with Gasteiger partial charge in [-0.05, 0) is 6.42 Å². The maximum atomic E-state index is 10.1. The average Bonchev–Trinajstić information content (AvgIpc) is 2.24. The zero-order valence-electron chi connectivity index (χ0n) is 9.98. The van der Waals surface area contributed by atoms with Gasteiger partial charge in [-0.2, -0.15) is 15.0 Å². The number of nitrogen functional groups attached to an aromatic ring is 3. The minimum atomic E-state index is -1.11. The summed E-state index contributed by atoms with van der Waals surface area (Å²) in [6.45, 7) is 0. The van der Waals surface area contributed by atoms with Crippen LogP contribution in [0.3, 0.4) is 0 Å². The zero-order valence-corrected chi connectivity index (χ0v) is 9.98. The van der Waals surface area contributed by atoms with E-state index in [1.165, 1.54) is 0 Å². The highest BCUT2D eigenvalue weighted by molar-refractivity contribution is 5.76. The van der Waals surface area contributed by atoms with Crippen molar-refractivity contribution in [2.24, 2.45) is 11.5 Å². The Morgan fingerprint density at radius 2 is 1.42 bits per heavy atom. The van der Waals surface area contributed by atoms with Crippen molar-refractivity contribution in [2.45, 2.75) is 18.9 Å². The van der Waals surface area contributed by atoms with Gasteiger partial charge in [-0.15, -0.1) is 0 Å². The lowest BCUT2D eigenvalue weighted by atomic mass is 10.2. The minimum absolute atomic E-state index is 0.0213. The molecular formula is C8H16N8O3. The molecule has 0 saturated carbocycles. The maximum absolute atomic E-state index is 10.1. The highest BCUT2D eigenvalue weighted by Gasteiger charge is 2.11. The van der Waals surface area contributed by atoms with Crippen LogP contribution in [0.5, 0.6) is 0 Å². The molecule has 11 heteroatoms. The van der Waals surface area contributed by atoms with E-state index in [1.54, 1.807) is 0 Å². The monoisotopic (exact) mass is 272 g/mol. The molecule has 1 heterocycles. The first-order valence-corrected chi connectivity index (χ1v) is 5.01. The molecule has 1 aromatic rings. The molecular weight excluding hydrogens is 256 g/mol. The van der Waals surface area contributed by atoms with Gasteiger partial charge < -0.3 is 33.8 Å². The molecule has 0 unspecified atom stereocenters. The number of nitrogens with two attached hydrogens (primary N) is 5. The van der Waals surface area contributed by atoms with Gasteiger partial charge in [0, 0.05) is 6.42 Å². The van der Waals surface area contributed by atoms with Crippen LogP contribution < -0.4 is 28.7 Å². The van der Waals surface area contributed by atoms with E-state index in [0.29, 0.717) is 0 Å². The number of carbonyl (C=O) groups excluding carboxylic acids is 1. The normalized spacial score (nSPS) is 11.0. The number of anilines is 3. The van der Waals surface area contributed by atoms with Crippen molar-refractivity contribution in [1.82, 2.24) is 15.0 Å². The standard InChI is InChI=1S/C5H10N2O3.C3H6N6/c6-3(5(9)10)1-2-4(7)8;4-1-7-2(5)9-3(6)8-1/h3H,1-2,6H2,(H2,7,8)(H,9,10);(H6,4,5,6,7,8,9)/t3-;/m0./s1. The van der Waals surface area contributed by atoms with Gasteiger partial charge in [0.25, 0.3) is 0 Å². The second kappa shape index (κ2) is 7.60. The Morgan fingerprint density at radius 3 is 1.68 bits per heavy atom. The summed E-state index contributed by atoms with van der Waals surface area (Å²) in [5.74, 6) is -1.52. The van der Waals surface area contributed by atoms with Crippen molar-refractivity contribution in [3.63, 3.8) is 0 Å². The van der Waals surface area contributed by atoms with Crippen LogP contribution in [0.2, 0.25) is 0 Å². The first-order valence-electron chi connectivity index (χ1n) is 5.01. The molecule has 0 aliphatic heterocycles. The Labute approximate surface area is 108 Å². The fourth-order valence-electron chi connectivity index (χ4n) is 0.848. The Hall–Kier alpha value is -2.69. The number of nitrogens with zero attached hydrogens (tertiary/aromatic N) is 3. The topological polar surface area (TPSA) is 223 Å². The Bertz CT molecular complexity index is 401. The fourth-order valence-corrected chi connectivity index (χ4v) is 0.848. The van der Waals surface area contributed by atoms with Crippen molar-refractivity contribution in [2.75, 3.05) is 17.2 Å². The van der Waals surface area contributed by atoms with E-state index in [4.69, 9.17) is 33.8 Å². The third-order valence-corrected chi connectivity index (χ3v) is 1.71. The van der Waals surface area contributed by atoms with E-state index in [0.717, 1.165) is 0 Å². The van der Waals surface area contributed by atoms with E-state index < -0.39 is 17.9 Å². The molecule has 1 rings (SSSR count). The van der Waals surface area contributed by atoms with Gasteiger partial charge in [0.15, 0.2) is 0 Å². The van der Waals surface area contributed by atoms with Gasteiger partial charge in [0.05, 0.1) is 0 Å². The molecule has 0 spiro atoms. The molecule has 19 heavy (non-hydrogen) atoms. The molecule has 1 amide bonds. The Morgan fingerprint density at radius 1 is 1.05 bits per heavy atom. The number of primary amides is 1. The number of carboxylic acids is 1. The number of carbonyl (C=O) groups is 2. The molecule has 0 aliphatic carbocycles. The molecule has 0 fully saturated rings. The van der Waals surface area contributed by atoms with Crippen molar-refractivity contribution in [3.05, 3.63) is 0 Å². The minimum Gasteiger partial charge on any atom is -0.480 e. The molecule has 1 aromatic heterocycles. The first kappa shape index (κ1) is 16.3. The van der Waals surface area contributed by atoms with Crippen molar-refractivity contribution in [3.8, 4) is 0 Å². The molecule has 0 radical (unpaired) electrons. The third-order valence-electron chi connectivity index (χ3n) is 1.71. The smallest absolute Gasteiger partial charge is 0.320 e. The highest BCUT2D eigenvalue weighted by atomic mass is 16.4. The van der Waals surface area contributed by atoms with Crippen LogP contribution in [-0.4, -0.2) is 38.0 Å². The van der Waals surface area contributed by atoms with Gasteiger partial charge >= 0.3 is 5.97 Å². The summed E-state index contributed by atoms with van der Waals surface area (Å²) in [4.78, 5) is 30.6. The van der Waals surface area contributed by atoms with Crippen LogP contribution in [0.15, 0.2) is 0 Å². The fraction of sp³-hybridized carbons (Fsp3) is 0.375. The molecule has 1 atom stereocenters. The average molecular weight is 272 g/mol. The van der Waals surface area contributed by atoms with Crippen molar-refractivity contribution >= 4 is 29.7 Å². The SMILES string of the molecule is NC(=O)CC[C@H](N)C(=O)O.Nc1nc(N)nc(N)n1. The number of hydrogen-bond donors (Lipinski definition) is 6. The first-order chi connectivity index (χ1) is 8.72. The molecule has 0 saturated heterocycles. The highest BCUT2D eigenvalue weighted by Crippen LogP contribution is 1.97. The number of amides is 1. The second-order valence-electron chi connectivity index (χ2n) is 3.36. The van der Waals surface area contributed by atoms with Crippen molar-refractivity contribution < 1.29 is 14.7 Å². The number of hydrogen-bond acceptors (Lipinski definition) is 9. The second-order valence-corrected chi connectivity index (χ2v) is 3.36. The van der Waals surface area contributed by atoms with E-state index in [2.05, 4.69) is 15.0 Å². The lowest BCUT2D eigenvalue weighted by Gasteiger charge is -2.01. The van der Waals surface area contributed by atoms with Crippen LogP contribution in [0.4, 0.5) is 17.8 Å². The maximum Gasteiger partial charge on any atom is 0.320 e. The van der Waals surface area contributed by atoms with Gasteiger partial charge in [0.2, 0.25) is 23.8 Å². The lowest BCUT2D eigenvalue weighted by molar-refractivity contribution is -0.138. The van der Waals surface area contributed by atoms with Crippen LogP contribution in [0, 0.1) is 0 Å². The Kier molecular flexibility index (Phi) is 6.52. The van der Waals surface area contributed by atoms with Gasteiger partial charge in [0.1, 0.15) is 6.04 Å². The predicted molar refractivity (Wildman–Crippen MR) is 67.1 cm³/mol. The number of aromatic nitrogens is 3. The van der Waals surface area contributed by atoms with E-state index in [1.807, 2.05) is 0 Å². The van der Waals surface area contributed by atoms with Crippen LogP contribution in [-0.2, 0) is 9.59 Å². The summed E-state index contributed by atoms with van der Waals surface area (Å²) < 4.78 is 0. The van der Waals surface area contributed by atoms with Crippen LogP contribution >= 0.6 is 0 Å². The van der Waals surface area contributed by atoms with E-state index >= 15 is 0 Å². The summed E-state index contributed by atoms with van der Waals surface area (Å²) in [7, 11) is 0. The largest absolute Gasteiger partial charge is 0.480 e. The summed E-state index contributed by atoms with van der Waals surface area (Å²) >= 11 is 0. The number of rotatable bonds is 4. The van der Waals surface area contributed by atoms with E-state index in [-0.39, 0.29) is 30.7 Å². The molecule has 0 aliphatic rings. The summed E-state index contributed by atoms with van der Waals surface area (Å²) in [5, 5.41) is 8.22. The quantitative estimate of drug-likeness (QED) is 0.332. The lowest BCUT2D eigenvalue weighted by Crippen LogP contribution is -2.31. The van der Waals surface area contributed by atoms with Crippen LogP contribution in [0.25, 0.3) is 0 Å². The van der Waals surface area contributed by atoms with Crippen molar-refractivity contribution in [1.29, 1.82) is 0 Å². The number of aliphatic carboxylic acids is 1. The molecule has 0 aromatic carbocycles. The van der Waals surface area contributed by atoms with Gasteiger partial charge in [-0.25, -0.2) is 0 Å². The zero-order chi connectivity index (χ0) is 15.0. The molecule has 11 N–H and O–H groups in total.